The molecule has 5 aromatic rings. The van der Waals surface area contributed by atoms with Crippen molar-refractivity contribution in [1.82, 2.24) is 20.2 Å². The van der Waals surface area contributed by atoms with Crippen LogP contribution < -0.4 is 10.6 Å². The Bertz CT molecular complexity index is 1640. The Kier molecular flexibility index (Phi) is 4.99. The van der Waals surface area contributed by atoms with Gasteiger partial charge in [0.15, 0.2) is 11.4 Å². The third-order valence-corrected chi connectivity index (χ3v) is 7.16. The average Bonchev–Trinajstić information content (AvgIpc) is 3.33. The van der Waals surface area contributed by atoms with Gasteiger partial charge in [0.25, 0.3) is 5.91 Å². The number of pyridine rings is 1. The number of urea groups is 1. The van der Waals surface area contributed by atoms with E-state index in [1.807, 2.05) is 66.7 Å². The Hall–Kier alpha value is -3.92. The van der Waals surface area contributed by atoms with E-state index in [4.69, 9.17) is 0 Å². The van der Waals surface area contributed by atoms with E-state index in [1.165, 1.54) is 0 Å². The number of aromatic hydroxyl groups is 1. The normalized spacial score (nSPS) is 17.6. The zero-order chi connectivity index (χ0) is 24.2. The number of carbonyl (C=O) groups excluding carboxylic acids is 2. The summed E-state index contributed by atoms with van der Waals surface area (Å²) in [5.41, 5.74) is 2.19. The van der Waals surface area contributed by atoms with E-state index in [1.54, 1.807) is 17.0 Å². The van der Waals surface area contributed by atoms with Gasteiger partial charge in [-0.3, -0.25) is 15.1 Å². The van der Waals surface area contributed by atoms with Gasteiger partial charge in [-0.15, -0.1) is 0 Å². The number of halogens is 1. The first kappa shape index (κ1) is 21.6. The molecule has 0 bridgehead atoms. The third kappa shape index (κ3) is 3.61. The van der Waals surface area contributed by atoms with Crippen molar-refractivity contribution in [2.45, 2.75) is 12.1 Å². The number of benzene rings is 3. The molecule has 3 amide bonds. The minimum Gasteiger partial charge on any atom is -0.494 e. The number of aromatic nitrogens is 2. The summed E-state index contributed by atoms with van der Waals surface area (Å²) in [4.78, 5) is 29.7. The molecule has 0 saturated carbocycles. The van der Waals surface area contributed by atoms with Gasteiger partial charge in [-0.05, 0) is 69.6 Å². The fourth-order valence-electron chi connectivity index (χ4n) is 4.69. The first-order chi connectivity index (χ1) is 16.9. The van der Waals surface area contributed by atoms with E-state index in [0.717, 1.165) is 31.0 Å². The highest BCUT2D eigenvalue weighted by Gasteiger charge is 2.48. The molecule has 35 heavy (non-hydrogen) atoms. The number of carbonyl (C=O) groups is 2. The van der Waals surface area contributed by atoms with Gasteiger partial charge in [0.05, 0.1) is 12.1 Å². The summed E-state index contributed by atoms with van der Waals surface area (Å²) in [6, 6.07) is 22.7. The molecule has 3 aromatic carbocycles. The lowest BCUT2D eigenvalue weighted by Gasteiger charge is -2.27. The molecule has 3 heterocycles. The van der Waals surface area contributed by atoms with Gasteiger partial charge < -0.3 is 15.0 Å². The van der Waals surface area contributed by atoms with E-state index in [9.17, 15) is 14.7 Å². The maximum atomic E-state index is 13.1. The smallest absolute Gasteiger partial charge is 0.322 e. The molecular weight excluding hydrogens is 555 g/mol. The summed E-state index contributed by atoms with van der Waals surface area (Å²) in [6.45, 7) is 0.0443. The summed E-state index contributed by atoms with van der Waals surface area (Å²) in [7, 11) is 0. The zero-order valence-corrected chi connectivity index (χ0v) is 20.5. The van der Waals surface area contributed by atoms with Crippen LogP contribution in [0.3, 0.4) is 0 Å². The lowest BCUT2D eigenvalue weighted by molar-refractivity contribution is -0.124. The van der Waals surface area contributed by atoms with Crippen molar-refractivity contribution in [2.24, 2.45) is 0 Å². The molecule has 0 spiro atoms. The van der Waals surface area contributed by atoms with Crippen molar-refractivity contribution in [3.63, 3.8) is 0 Å². The number of rotatable bonds is 4. The highest BCUT2D eigenvalue weighted by molar-refractivity contribution is 14.1. The zero-order valence-electron chi connectivity index (χ0n) is 18.3. The Morgan fingerprint density at radius 3 is 2.51 bits per heavy atom. The van der Waals surface area contributed by atoms with E-state index >= 15 is 0 Å². The van der Waals surface area contributed by atoms with Crippen molar-refractivity contribution in [3.8, 4) is 17.0 Å². The van der Waals surface area contributed by atoms with Crippen LogP contribution in [0.5, 0.6) is 5.88 Å². The Morgan fingerprint density at radius 2 is 1.74 bits per heavy atom. The Balaban J connectivity index is 1.40. The second kappa shape index (κ2) is 8.09. The molecular formula is C27H19IN4O3. The maximum absolute atomic E-state index is 13.1. The van der Waals surface area contributed by atoms with Gasteiger partial charge in [-0.25, -0.2) is 4.79 Å². The largest absolute Gasteiger partial charge is 0.494 e. The molecule has 8 heteroatoms. The maximum Gasteiger partial charge on any atom is 0.322 e. The molecule has 7 nitrogen and oxygen atoms in total. The molecule has 0 aliphatic carbocycles. The minimum absolute atomic E-state index is 0.0443. The summed E-state index contributed by atoms with van der Waals surface area (Å²) in [5, 5.41) is 18.6. The fraction of sp³-hybridized carbons (Fsp3) is 0.0741. The second-order valence-corrected chi connectivity index (χ2v) is 9.86. The van der Waals surface area contributed by atoms with E-state index < -0.39 is 17.5 Å². The van der Waals surface area contributed by atoms with Crippen molar-refractivity contribution < 1.29 is 14.7 Å². The molecule has 1 atom stereocenters. The molecule has 0 unspecified atom stereocenters. The molecule has 0 radical (unpaired) electrons. The number of nitrogens with one attached hydrogen (secondary N) is 2. The Labute approximate surface area is 213 Å². The van der Waals surface area contributed by atoms with Crippen molar-refractivity contribution in [3.05, 3.63) is 94.3 Å². The molecule has 172 valence electrons. The molecule has 3 N–H and O–H groups in total. The average molecular weight is 574 g/mol. The van der Waals surface area contributed by atoms with Gasteiger partial charge in [-0.1, -0.05) is 42.5 Å². The van der Waals surface area contributed by atoms with Crippen LogP contribution in [0.25, 0.3) is 32.8 Å². The number of amides is 3. The van der Waals surface area contributed by atoms with E-state index in [-0.39, 0.29) is 12.4 Å². The monoisotopic (exact) mass is 574 g/mol. The summed E-state index contributed by atoms with van der Waals surface area (Å²) in [6.07, 6.45) is 3.56. The van der Waals surface area contributed by atoms with Crippen LogP contribution in [0.1, 0.15) is 5.56 Å². The van der Waals surface area contributed by atoms with Crippen LogP contribution in [-0.4, -0.2) is 26.6 Å². The number of imide groups is 1. The molecule has 2 aromatic heterocycles. The van der Waals surface area contributed by atoms with Crippen molar-refractivity contribution in [1.29, 1.82) is 0 Å². The van der Waals surface area contributed by atoms with Gasteiger partial charge >= 0.3 is 6.03 Å². The SMILES string of the molecule is O=C1NC(=O)[C@@](Cn2cc3ccc(I)cc3c2O)(c2ccc(-c3ccc4ncccc4c3)cc2)N1. The first-order valence-corrected chi connectivity index (χ1v) is 12.1. The van der Waals surface area contributed by atoms with Gasteiger partial charge in [0.2, 0.25) is 0 Å². The van der Waals surface area contributed by atoms with Crippen LogP contribution in [0, 0.1) is 3.57 Å². The number of fused-ring (bicyclic) bond motifs is 2. The predicted octanol–water partition coefficient (Wildman–Crippen LogP) is 4.90. The second-order valence-electron chi connectivity index (χ2n) is 8.61. The summed E-state index contributed by atoms with van der Waals surface area (Å²) in [5.74, 6) is -0.410. The van der Waals surface area contributed by atoms with Gasteiger partial charge in [-0.2, -0.15) is 0 Å². The van der Waals surface area contributed by atoms with Crippen LogP contribution in [0.4, 0.5) is 4.79 Å². The lowest BCUT2D eigenvalue weighted by Crippen LogP contribution is -2.47. The topological polar surface area (TPSA) is 96.2 Å². The highest BCUT2D eigenvalue weighted by atomic mass is 127. The van der Waals surface area contributed by atoms with Crippen LogP contribution >= 0.6 is 22.6 Å². The third-order valence-electron chi connectivity index (χ3n) is 6.49. The number of hydrogen-bond acceptors (Lipinski definition) is 4. The first-order valence-electron chi connectivity index (χ1n) is 11.0. The molecule has 1 fully saturated rings. The molecule has 1 aliphatic rings. The van der Waals surface area contributed by atoms with Crippen LogP contribution in [-0.2, 0) is 16.9 Å². The molecule has 1 saturated heterocycles. The van der Waals surface area contributed by atoms with Gasteiger partial charge in [0, 0.05) is 32.1 Å². The summed E-state index contributed by atoms with van der Waals surface area (Å²) >= 11 is 2.19. The van der Waals surface area contributed by atoms with Crippen LogP contribution in [0.2, 0.25) is 0 Å². The number of nitrogens with zero attached hydrogens (tertiary/aromatic N) is 2. The highest BCUT2D eigenvalue weighted by Crippen LogP contribution is 2.35. The molecule has 1 aliphatic heterocycles. The van der Waals surface area contributed by atoms with Gasteiger partial charge in [0.1, 0.15) is 0 Å². The lowest BCUT2D eigenvalue weighted by atomic mass is 9.88. The predicted molar refractivity (Wildman–Crippen MR) is 142 cm³/mol. The van der Waals surface area contributed by atoms with E-state index in [0.29, 0.717) is 10.9 Å². The quantitative estimate of drug-likeness (QED) is 0.210. The molecule has 6 rings (SSSR count). The van der Waals surface area contributed by atoms with Crippen molar-refractivity contribution >= 4 is 56.2 Å². The standard InChI is InChI=1S/C27H19IN4O3/c28-21-9-5-19-14-32(24(33)22(19)13-21)15-27(25(34)30-26(35)31-27)20-7-3-16(4-8-20)17-6-10-23-18(12-17)2-1-11-29-23/h1-14,33H,15H2,(H2,30,31,34,35)/t27-/m1/s1. The minimum atomic E-state index is -1.36. The number of hydrogen-bond donors (Lipinski definition) is 3. The van der Waals surface area contributed by atoms with E-state index in [2.05, 4.69) is 44.3 Å². The fourth-order valence-corrected chi connectivity index (χ4v) is 5.19. The summed E-state index contributed by atoms with van der Waals surface area (Å²) < 4.78 is 2.60. The Morgan fingerprint density at radius 1 is 0.943 bits per heavy atom. The van der Waals surface area contributed by atoms with Crippen molar-refractivity contribution in [2.75, 3.05) is 0 Å². The van der Waals surface area contributed by atoms with Crippen LogP contribution in [0.15, 0.2) is 85.2 Å².